The van der Waals surface area contributed by atoms with Crippen molar-refractivity contribution < 1.29 is 71.0 Å². The average molecular weight is 382 g/mol. The van der Waals surface area contributed by atoms with Crippen molar-refractivity contribution in [3.8, 4) is 0 Å². The lowest BCUT2D eigenvalue weighted by Gasteiger charge is -2.38. The van der Waals surface area contributed by atoms with Crippen LogP contribution in [0.5, 0.6) is 0 Å². The van der Waals surface area contributed by atoms with Gasteiger partial charge in [0.2, 0.25) is 0 Å². The van der Waals surface area contributed by atoms with Gasteiger partial charge in [0.15, 0.2) is 0 Å². The monoisotopic (exact) mass is 382 g/mol. The van der Waals surface area contributed by atoms with E-state index in [-0.39, 0.29) is 0 Å². The second-order valence-electron chi connectivity index (χ2n) is 3.64. The highest BCUT2D eigenvalue weighted by atomic mass is 19.4. The Morgan fingerprint density at radius 2 is 0.783 bits per heavy atom. The smallest absolute Gasteiger partial charge is 0.427 e. The number of hydrogen-bond acceptors (Lipinski definition) is 2. The Bertz CT molecular complexity index is 412. The molecule has 0 aliphatic rings. The largest absolute Gasteiger partial charge is 0.465 e. The predicted octanol–water partition coefficient (Wildman–Crippen LogP) is 4.15. The van der Waals surface area contributed by atoms with E-state index in [1.165, 1.54) is 0 Å². The second-order valence-corrected chi connectivity index (χ2v) is 3.64. The molecule has 16 heteroatoms. The van der Waals surface area contributed by atoms with Gasteiger partial charge in [0.25, 0.3) is 0 Å². The summed E-state index contributed by atoms with van der Waals surface area (Å²) in [5.41, 5.74) is -7.57. The maximum absolute atomic E-state index is 12.3. The van der Waals surface area contributed by atoms with E-state index in [0.29, 0.717) is 0 Å². The number of ether oxygens (including phenoxy) is 1. The lowest BCUT2D eigenvalue weighted by Crippen LogP contribution is -2.69. The van der Waals surface area contributed by atoms with Gasteiger partial charge in [-0.2, -0.15) is 61.5 Å². The minimum atomic E-state index is -7.64. The number of carbonyl (C=O) groups excluding carboxylic acids is 1. The standard InChI is InChI=1S/C7F14O2/c8-2(9,4(10,11)12)1(22)23-3(5(13,14)15,6(16,17)18)7(19,20)21. The zero-order valence-corrected chi connectivity index (χ0v) is 9.61. The Labute approximate surface area is 115 Å². The first-order valence-corrected chi connectivity index (χ1v) is 4.51. The van der Waals surface area contributed by atoms with E-state index in [9.17, 15) is 66.3 Å². The highest BCUT2D eigenvalue weighted by molar-refractivity contribution is 5.79. The predicted molar refractivity (Wildman–Crippen MR) is 38.0 cm³/mol. The van der Waals surface area contributed by atoms with E-state index in [0.717, 1.165) is 0 Å². The quantitative estimate of drug-likeness (QED) is 0.530. The van der Waals surface area contributed by atoms with Crippen LogP contribution < -0.4 is 0 Å². The van der Waals surface area contributed by atoms with Crippen LogP contribution >= 0.6 is 0 Å². The van der Waals surface area contributed by atoms with E-state index in [4.69, 9.17) is 0 Å². The third kappa shape index (κ3) is 3.39. The first-order chi connectivity index (χ1) is 9.63. The number of halogens is 14. The molecule has 0 aromatic heterocycles. The van der Waals surface area contributed by atoms with Crippen molar-refractivity contribution in [2.75, 3.05) is 0 Å². The molecule has 0 spiro atoms. The maximum atomic E-state index is 12.3. The fourth-order valence-corrected chi connectivity index (χ4v) is 0.975. The highest BCUT2D eigenvalue weighted by Gasteiger charge is 2.88. The fourth-order valence-electron chi connectivity index (χ4n) is 0.975. The lowest BCUT2D eigenvalue weighted by molar-refractivity contribution is -0.450. The molecule has 23 heavy (non-hydrogen) atoms. The minimum absolute atomic E-state index is 1.64. The molecule has 0 atom stereocenters. The molecule has 0 bridgehead atoms. The summed E-state index contributed by atoms with van der Waals surface area (Å²) >= 11 is 0. The van der Waals surface area contributed by atoms with Gasteiger partial charge in [-0.1, -0.05) is 0 Å². The molecule has 0 aromatic rings. The fraction of sp³-hybridized carbons (Fsp3) is 0.857. The summed E-state index contributed by atoms with van der Waals surface area (Å²) in [6.45, 7) is 0. The molecule has 0 saturated carbocycles. The summed E-state index contributed by atoms with van der Waals surface area (Å²) in [6.07, 6.45) is -30.0. The van der Waals surface area contributed by atoms with Gasteiger partial charge in [-0.3, -0.25) is 0 Å². The minimum Gasteiger partial charge on any atom is -0.427 e. The average Bonchev–Trinajstić information content (AvgIpc) is 2.17. The maximum Gasteiger partial charge on any atom is 0.465 e. The molecular formula is C7F14O2. The molecule has 138 valence electrons. The van der Waals surface area contributed by atoms with E-state index in [2.05, 4.69) is 0 Å². The SMILES string of the molecule is O=C(OC(C(F)(F)F)(C(F)(F)F)C(F)(F)F)C(F)(F)C(F)(F)F. The topological polar surface area (TPSA) is 26.3 Å². The number of hydrogen-bond donors (Lipinski definition) is 0. The third-order valence-electron chi connectivity index (χ3n) is 2.06. The lowest BCUT2D eigenvalue weighted by atomic mass is 10.0. The summed E-state index contributed by atoms with van der Waals surface area (Å²) in [5.74, 6) is -11.8. The van der Waals surface area contributed by atoms with Gasteiger partial charge in [0.05, 0.1) is 0 Å². The molecule has 0 saturated heterocycles. The van der Waals surface area contributed by atoms with Crippen molar-refractivity contribution in [2.45, 2.75) is 36.2 Å². The normalized spacial score (nSPS) is 15.6. The second kappa shape index (κ2) is 5.25. The Hall–Kier alpha value is -1.51. The van der Waals surface area contributed by atoms with Crippen molar-refractivity contribution >= 4 is 5.97 Å². The Morgan fingerprint density at radius 1 is 0.522 bits per heavy atom. The molecule has 0 aromatic carbocycles. The van der Waals surface area contributed by atoms with Gasteiger partial charge in [-0.15, -0.1) is 0 Å². The van der Waals surface area contributed by atoms with E-state index >= 15 is 0 Å². The first-order valence-electron chi connectivity index (χ1n) is 4.51. The third-order valence-corrected chi connectivity index (χ3v) is 2.06. The summed E-state index contributed by atoms with van der Waals surface area (Å²) in [4.78, 5) is 10.3. The van der Waals surface area contributed by atoms with Gasteiger partial charge in [0, 0.05) is 0 Å². The van der Waals surface area contributed by atoms with Crippen LogP contribution in [-0.2, 0) is 9.53 Å². The van der Waals surface area contributed by atoms with Crippen LogP contribution in [0.1, 0.15) is 0 Å². The van der Waals surface area contributed by atoms with Crippen LogP contribution in [0.2, 0.25) is 0 Å². The molecule has 0 radical (unpaired) electrons. The molecule has 0 aliphatic heterocycles. The van der Waals surface area contributed by atoms with Crippen LogP contribution in [0.3, 0.4) is 0 Å². The molecule has 2 nitrogen and oxygen atoms in total. The molecule has 0 N–H and O–H groups in total. The number of alkyl halides is 14. The van der Waals surface area contributed by atoms with Crippen molar-refractivity contribution in [3.05, 3.63) is 0 Å². The molecule has 0 rings (SSSR count). The van der Waals surface area contributed by atoms with Crippen LogP contribution in [0.4, 0.5) is 61.5 Å². The van der Waals surface area contributed by atoms with Crippen molar-refractivity contribution in [3.63, 3.8) is 0 Å². The Balaban J connectivity index is 6.31. The molecule has 0 unspecified atom stereocenters. The summed E-state index contributed by atoms with van der Waals surface area (Å²) in [6, 6.07) is 0. The zero-order chi connectivity index (χ0) is 19.3. The van der Waals surface area contributed by atoms with Crippen LogP contribution in [-0.4, -0.2) is 42.2 Å². The summed E-state index contributed by atoms with van der Waals surface area (Å²) in [7, 11) is 0. The number of carbonyl (C=O) groups is 1. The summed E-state index contributed by atoms with van der Waals surface area (Å²) < 4.78 is 171. The van der Waals surface area contributed by atoms with Crippen LogP contribution in [0, 0.1) is 0 Å². The van der Waals surface area contributed by atoms with E-state index < -0.39 is 42.2 Å². The van der Waals surface area contributed by atoms with Crippen molar-refractivity contribution in [2.24, 2.45) is 0 Å². The van der Waals surface area contributed by atoms with Gasteiger partial charge < -0.3 is 4.74 Å². The number of esters is 1. The van der Waals surface area contributed by atoms with Crippen molar-refractivity contribution in [1.82, 2.24) is 0 Å². The molecule has 0 heterocycles. The van der Waals surface area contributed by atoms with Gasteiger partial charge >= 0.3 is 42.2 Å². The van der Waals surface area contributed by atoms with Gasteiger partial charge in [-0.25, -0.2) is 4.79 Å². The molecule has 0 fully saturated rings. The van der Waals surface area contributed by atoms with Crippen molar-refractivity contribution in [1.29, 1.82) is 0 Å². The number of rotatable bonds is 2. The highest BCUT2D eigenvalue weighted by Crippen LogP contribution is 2.55. The molecule has 0 amide bonds. The zero-order valence-electron chi connectivity index (χ0n) is 9.61. The van der Waals surface area contributed by atoms with Gasteiger partial charge in [-0.05, 0) is 0 Å². The first kappa shape index (κ1) is 21.5. The molecular weight excluding hydrogens is 382 g/mol. The van der Waals surface area contributed by atoms with E-state index in [1.807, 2.05) is 0 Å². The van der Waals surface area contributed by atoms with Gasteiger partial charge in [0.1, 0.15) is 0 Å². The van der Waals surface area contributed by atoms with Crippen LogP contribution in [0.25, 0.3) is 0 Å². The Kier molecular flexibility index (Phi) is 4.91. The van der Waals surface area contributed by atoms with E-state index in [1.54, 1.807) is 4.74 Å². The van der Waals surface area contributed by atoms with Crippen LogP contribution in [0.15, 0.2) is 0 Å². The Morgan fingerprint density at radius 3 is 0.957 bits per heavy atom. The molecule has 0 aliphatic carbocycles. The summed E-state index contributed by atoms with van der Waals surface area (Å²) in [5, 5.41) is 0.